The lowest BCUT2D eigenvalue weighted by Crippen LogP contribution is -2.36. The Labute approximate surface area is 83.0 Å². The molecule has 0 bridgehead atoms. The molecule has 2 rings (SSSR count). The molecule has 1 amide bonds. The van der Waals surface area contributed by atoms with Crippen LogP contribution in [-0.4, -0.2) is 25.0 Å². The Morgan fingerprint density at radius 3 is 3.00 bits per heavy atom. The van der Waals surface area contributed by atoms with Crippen LogP contribution < -0.4 is 5.32 Å². The van der Waals surface area contributed by atoms with Crippen LogP contribution in [0.15, 0.2) is 0 Å². The fourth-order valence-electron chi connectivity index (χ4n) is 2.56. The number of carbonyl (C=O) groups is 2. The summed E-state index contributed by atoms with van der Waals surface area (Å²) >= 11 is 0. The summed E-state index contributed by atoms with van der Waals surface area (Å²) in [6.45, 7) is 0. The number of hydrogen-bond donors (Lipinski definition) is 1. The van der Waals surface area contributed by atoms with Crippen LogP contribution in [0, 0.1) is 11.8 Å². The van der Waals surface area contributed by atoms with Crippen molar-refractivity contribution in [2.24, 2.45) is 11.8 Å². The highest BCUT2D eigenvalue weighted by atomic mass is 16.5. The molecule has 1 saturated carbocycles. The third-order valence-corrected chi connectivity index (χ3v) is 3.31. The lowest BCUT2D eigenvalue weighted by atomic mass is 9.78. The van der Waals surface area contributed by atoms with E-state index in [1.807, 2.05) is 0 Å². The normalized spacial score (nSPS) is 36.1. The molecule has 0 unspecified atom stereocenters. The molecule has 2 fully saturated rings. The molecular formula is C10H15NO3. The van der Waals surface area contributed by atoms with Crippen molar-refractivity contribution < 1.29 is 14.3 Å². The van der Waals surface area contributed by atoms with Crippen LogP contribution in [0.25, 0.3) is 0 Å². The van der Waals surface area contributed by atoms with Crippen molar-refractivity contribution in [3.8, 4) is 0 Å². The standard InChI is InChI=1S/C10H15NO3/c1-14-10(13)6-2-3-8-7(4-6)5-9(12)11-8/h6-8H,2-5H2,1H3,(H,11,12)/t6-,7+,8+/m0/s1. The maximum atomic E-state index is 11.3. The second-order valence-corrected chi connectivity index (χ2v) is 4.17. The van der Waals surface area contributed by atoms with Gasteiger partial charge in [0, 0.05) is 12.5 Å². The van der Waals surface area contributed by atoms with Gasteiger partial charge in [0.1, 0.15) is 0 Å². The molecule has 14 heavy (non-hydrogen) atoms. The number of fused-ring (bicyclic) bond motifs is 1. The summed E-state index contributed by atoms with van der Waals surface area (Å²) in [5.41, 5.74) is 0. The van der Waals surface area contributed by atoms with E-state index >= 15 is 0 Å². The minimum atomic E-state index is -0.122. The van der Waals surface area contributed by atoms with Gasteiger partial charge < -0.3 is 10.1 Å². The number of hydrogen-bond acceptors (Lipinski definition) is 3. The van der Waals surface area contributed by atoms with Crippen LogP contribution in [-0.2, 0) is 14.3 Å². The molecule has 1 saturated heterocycles. The predicted octanol–water partition coefficient (Wildman–Crippen LogP) is 0.464. The molecule has 0 spiro atoms. The maximum Gasteiger partial charge on any atom is 0.308 e. The Morgan fingerprint density at radius 1 is 1.50 bits per heavy atom. The van der Waals surface area contributed by atoms with Crippen molar-refractivity contribution >= 4 is 11.9 Å². The highest BCUT2D eigenvalue weighted by molar-refractivity contribution is 5.79. The van der Waals surface area contributed by atoms with E-state index < -0.39 is 0 Å². The molecule has 0 aromatic rings. The molecule has 4 nitrogen and oxygen atoms in total. The van der Waals surface area contributed by atoms with Gasteiger partial charge in [-0.05, 0) is 25.2 Å². The lowest BCUT2D eigenvalue weighted by Gasteiger charge is -2.29. The first-order chi connectivity index (χ1) is 6.70. The van der Waals surface area contributed by atoms with E-state index in [1.165, 1.54) is 7.11 Å². The quantitative estimate of drug-likeness (QED) is 0.621. The fraction of sp³-hybridized carbons (Fsp3) is 0.800. The Hall–Kier alpha value is -1.06. The number of carbonyl (C=O) groups excluding carboxylic acids is 2. The third kappa shape index (κ3) is 1.61. The van der Waals surface area contributed by atoms with Crippen LogP contribution in [0.3, 0.4) is 0 Å². The zero-order valence-corrected chi connectivity index (χ0v) is 8.29. The van der Waals surface area contributed by atoms with E-state index in [0.717, 1.165) is 19.3 Å². The van der Waals surface area contributed by atoms with Crippen molar-refractivity contribution in [2.75, 3.05) is 7.11 Å². The molecule has 0 aromatic heterocycles. The zero-order chi connectivity index (χ0) is 10.1. The largest absolute Gasteiger partial charge is 0.469 e. The Bertz CT molecular complexity index is 264. The van der Waals surface area contributed by atoms with Crippen molar-refractivity contribution in [1.82, 2.24) is 5.32 Å². The zero-order valence-electron chi connectivity index (χ0n) is 8.29. The second-order valence-electron chi connectivity index (χ2n) is 4.17. The molecule has 0 radical (unpaired) electrons. The maximum absolute atomic E-state index is 11.3. The molecule has 0 aromatic carbocycles. The van der Waals surface area contributed by atoms with Crippen LogP contribution >= 0.6 is 0 Å². The van der Waals surface area contributed by atoms with E-state index in [9.17, 15) is 9.59 Å². The SMILES string of the molecule is COC(=O)[C@H]1CC[C@H]2NC(=O)C[C@H]2C1. The molecule has 1 N–H and O–H groups in total. The van der Waals surface area contributed by atoms with Gasteiger partial charge in [0.2, 0.25) is 5.91 Å². The monoisotopic (exact) mass is 197 g/mol. The minimum absolute atomic E-state index is 0.00829. The van der Waals surface area contributed by atoms with E-state index in [-0.39, 0.29) is 17.8 Å². The van der Waals surface area contributed by atoms with Gasteiger partial charge in [0.25, 0.3) is 0 Å². The smallest absolute Gasteiger partial charge is 0.308 e. The van der Waals surface area contributed by atoms with Gasteiger partial charge in [-0.25, -0.2) is 0 Å². The van der Waals surface area contributed by atoms with Crippen LogP contribution in [0.1, 0.15) is 25.7 Å². The van der Waals surface area contributed by atoms with Crippen molar-refractivity contribution in [3.05, 3.63) is 0 Å². The summed E-state index contributed by atoms with van der Waals surface area (Å²) in [5.74, 6) is 0.364. The van der Waals surface area contributed by atoms with E-state index in [1.54, 1.807) is 0 Å². The average molecular weight is 197 g/mol. The first-order valence-electron chi connectivity index (χ1n) is 5.08. The van der Waals surface area contributed by atoms with E-state index in [2.05, 4.69) is 5.32 Å². The summed E-state index contributed by atoms with van der Waals surface area (Å²) in [6.07, 6.45) is 3.14. The van der Waals surface area contributed by atoms with Gasteiger partial charge in [0.15, 0.2) is 0 Å². The van der Waals surface area contributed by atoms with Gasteiger partial charge in [-0.2, -0.15) is 0 Å². The molecule has 3 atom stereocenters. The molecular weight excluding hydrogens is 182 g/mol. The Balaban J connectivity index is 1.97. The summed E-state index contributed by atoms with van der Waals surface area (Å²) in [7, 11) is 1.42. The van der Waals surface area contributed by atoms with Crippen LogP contribution in [0.4, 0.5) is 0 Å². The van der Waals surface area contributed by atoms with Gasteiger partial charge in [-0.3, -0.25) is 9.59 Å². The Morgan fingerprint density at radius 2 is 2.29 bits per heavy atom. The molecule has 1 heterocycles. The van der Waals surface area contributed by atoms with Gasteiger partial charge in [-0.1, -0.05) is 0 Å². The highest BCUT2D eigenvalue weighted by Crippen LogP contribution is 2.35. The first-order valence-corrected chi connectivity index (χ1v) is 5.08. The summed E-state index contributed by atoms with van der Waals surface area (Å²) in [5, 5.41) is 2.94. The average Bonchev–Trinajstić information content (AvgIpc) is 2.55. The van der Waals surface area contributed by atoms with Crippen LogP contribution in [0.5, 0.6) is 0 Å². The highest BCUT2D eigenvalue weighted by Gasteiger charge is 2.39. The number of methoxy groups -OCH3 is 1. The van der Waals surface area contributed by atoms with Crippen molar-refractivity contribution in [3.63, 3.8) is 0 Å². The summed E-state index contributed by atoms with van der Waals surface area (Å²) in [4.78, 5) is 22.4. The summed E-state index contributed by atoms with van der Waals surface area (Å²) < 4.78 is 4.72. The lowest BCUT2D eigenvalue weighted by molar-refractivity contribution is -0.147. The van der Waals surface area contributed by atoms with Crippen molar-refractivity contribution in [1.29, 1.82) is 0 Å². The molecule has 78 valence electrons. The fourth-order valence-corrected chi connectivity index (χ4v) is 2.56. The van der Waals surface area contributed by atoms with Gasteiger partial charge in [-0.15, -0.1) is 0 Å². The molecule has 4 heteroatoms. The van der Waals surface area contributed by atoms with E-state index in [4.69, 9.17) is 4.74 Å². The number of esters is 1. The second kappa shape index (κ2) is 3.59. The number of amides is 1. The third-order valence-electron chi connectivity index (χ3n) is 3.31. The predicted molar refractivity (Wildman–Crippen MR) is 49.4 cm³/mol. The number of rotatable bonds is 1. The molecule has 1 aliphatic carbocycles. The van der Waals surface area contributed by atoms with Crippen LogP contribution in [0.2, 0.25) is 0 Å². The van der Waals surface area contributed by atoms with Gasteiger partial charge in [0.05, 0.1) is 13.0 Å². The van der Waals surface area contributed by atoms with Gasteiger partial charge >= 0.3 is 5.97 Å². The topological polar surface area (TPSA) is 55.4 Å². The Kier molecular flexibility index (Phi) is 2.44. The molecule has 1 aliphatic heterocycles. The van der Waals surface area contributed by atoms with E-state index in [0.29, 0.717) is 18.4 Å². The number of ether oxygens (including phenoxy) is 1. The number of nitrogens with one attached hydrogen (secondary N) is 1. The first kappa shape index (κ1) is 9.49. The minimum Gasteiger partial charge on any atom is -0.469 e. The van der Waals surface area contributed by atoms with Crippen molar-refractivity contribution in [2.45, 2.75) is 31.7 Å². The molecule has 2 aliphatic rings. The summed E-state index contributed by atoms with van der Waals surface area (Å²) in [6, 6.07) is 0.309.